The normalized spacial score (nSPS) is 11.6. The molecule has 0 aliphatic rings. The van der Waals surface area contributed by atoms with Crippen LogP contribution in [0.4, 0.5) is 0 Å². The maximum absolute atomic E-state index is 11.2. The van der Waals surface area contributed by atoms with E-state index in [1.807, 2.05) is 13.3 Å². The lowest BCUT2D eigenvalue weighted by Gasteiger charge is -2.04. The Labute approximate surface area is 84.3 Å². The molecular formula is C10H13O3S. The van der Waals surface area contributed by atoms with E-state index in [0.717, 1.165) is 18.2 Å². The van der Waals surface area contributed by atoms with E-state index in [1.54, 1.807) is 6.07 Å². The van der Waals surface area contributed by atoms with Crippen molar-refractivity contribution < 1.29 is 13.5 Å². The second-order valence-corrected chi connectivity index (χ2v) is 5.10. The summed E-state index contributed by atoms with van der Waals surface area (Å²) in [7, 11) is -3.34. The van der Waals surface area contributed by atoms with Crippen LogP contribution in [0.1, 0.15) is 18.9 Å². The Bertz CT molecular complexity index is 421. The Kier molecular flexibility index (Phi) is 3.16. The minimum atomic E-state index is -3.34. The van der Waals surface area contributed by atoms with Crippen LogP contribution < -0.4 is 0 Å². The molecule has 1 aromatic carbocycles. The molecule has 1 N–H and O–H groups in total. The molecule has 1 aromatic rings. The van der Waals surface area contributed by atoms with Gasteiger partial charge in [-0.2, -0.15) is 0 Å². The predicted octanol–water partition coefficient (Wildman–Crippen LogP) is 1.76. The van der Waals surface area contributed by atoms with Crippen molar-refractivity contribution in [1.29, 1.82) is 0 Å². The van der Waals surface area contributed by atoms with E-state index < -0.39 is 9.84 Å². The van der Waals surface area contributed by atoms with Crippen LogP contribution in [0, 0.1) is 6.42 Å². The van der Waals surface area contributed by atoms with Gasteiger partial charge in [-0.05, 0) is 30.5 Å². The average molecular weight is 213 g/mol. The van der Waals surface area contributed by atoms with Crippen molar-refractivity contribution in [3.05, 3.63) is 30.2 Å². The molecule has 0 unspecified atom stereocenters. The maximum atomic E-state index is 11.2. The standard InChI is InChI=1S/C10H13O3S/c1-3-4-8-5-6-9(11)10(7-8)14(2,12)13/h4-7,11H,3H2,1-2H3. The number of hydrogen-bond donors (Lipinski definition) is 1. The Balaban J connectivity index is 3.22. The predicted molar refractivity (Wildman–Crippen MR) is 54.9 cm³/mol. The van der Waals surface area contributed by atoms with Crippen molar-refractivity contribution in [3.8, 4) is 5.75 Å². The molecule has 3 nitrogen and oxygen atoms in total. The molecule has 0 atom stereocenters. The summed E-state index contributed by atoms with van der Waals surface area (Å²) in [6.45, 7) is 1.97. The molecule has 14 heavy (non-hydrogen) atoms. The Hall–Kier alpha value is -1.03. The summed E-state index contributed by atoms with van der Waals surface area (Å²) in [5.74, 6) is -0.194. The largest absolute Gasteiger partial charge is 0.507 e. The molecule has 0 saturated carbocycles. The van der Waals surface area contributed by atoms with Gasteiger partial charge in [-0.15, -0.1) is 0 Å². The lowest BCUT2D eigenvalue weighted by Crippen LogP contribution is -1.98. The smallest absolute Gasteiger partial charge is 0.179 e. The van der Waals surface area contributed by atoms with Crippen LogP contribution >= 0.6 is 0 Å². The number of aromatic hydroxyl groups is 1. The first-order chi connectivity index (χ1) is 6.45. The van der Waals surface area contributed by atoms with Gasteiger partial charge in [-0.3, -0.25) is 0 Å². The first-order valence-electron chi connectivity index (χ1n) is 4.31. The number of rotatable bonds is 3. The van der Waals surface area contributed by atoms with Crippen molar-refractivity contribution in [2.75, 3.05) is 6.26 Å². The molecule has 0 bridgehead atoms. The van der Waals surface area contributed by atoms with E-state index in [1.165, 1.54) is 12.1 Å². The quantitative estimate of drug-likeness (QED) is 0.832. The van der Waals surface area contributed by atoms with Crippen LogP contribution in [0.25, 0.3) is 0 Å². The van der Waals surface area contributed by atoms with Crippen LogP contribution in [0.3, 0.4) is 0 Å². The van der Waals surface area contributed by atoms with E-state index in [0.29, 0.717) is 0 Å². The molecule has 4 heteroatoms. The molecule has 0 fully saturated rings. The van der Waals surface area contributed by atoms with Crippen LogP contribution in [0.2, 0.25) is 0 Å². The van der Waals surface area contributed by atoms with Crippen LogP contribution in [0.5, 0.6) is 5.75 Å². The Morgan fingerprint density at radius 2 is 2.07 bits per heavy atom. The molecule has 0 amide bonds. The highest BCUT2D eigenvalue weighted by Gasteiger charge is 2.13. The first-order valence-corrected chi connectivity index (χ1v) is 6.20. The van der Waals surface area contributed by atoms with E-state index >= 15 is 0 Å². The molecule has 0 aliphatic carbocycles. The zero-order valence-electron chi connectivity index (χ0n) is 8.19. The molecular weight excluding hydrogens is 200 g/mol. The number of phenolic OH excluding ortho intramolecular Hbond substituents is 1. The fourth-order valence-corrected chi connectivity index (χ4v) is 1.99. The van der Waals surface area contributed by atoms with Gasteiger partial charge in [0.25, 0.3) is 0 Å². The van der Waals surface area contributed by atoms with Crippen LogP contribution in [-0.2, 0) is 9.84 Å². The summed E-state index contributed by atoms with van der Waals surface area (Å²) >= 11 is 0. The monoisotopic (exact) mass is 213 g/mol. The van der Waals surface area contributed by atoms with Crippen molar-refractivity contribution >= 4 is 9.84 Å². The minimum Gasteiger partial charge on any atom is -0.507 e. The van der Waals surface area contributed by atoms with E-state index in [9.17, 15) is 13.5 Å². The second kappa shape index (κ2) is 4.00. The van der Waals surface area contributed by atoms with Crippen LogP contribution in [0.15, 0.2) is 23.1 Å². The fourth-order valence-electron chi connectivity index (χ4n) is 1.19. The lowest BCUT2D eigenvalue weighted by molar-refractivity contribution is 0.459. The summed E-state index contributed by atoms with van der Waals surface area (Å²) < 4.78 is 22.5. The molecule has 0 saturated heterocycles. The van der Waals surface area contributed by atoms with Crippen molar-refractivity contribution in [3.63, 3.8) is 0 Å². The number of hydrogen-bond acceptors (Lipinski definition) is 3. The summed E-state index contributed by atoms with van der Waals surface area (Å²) in [6, 6.07) is 4.57. The van der Waals surface area contributed by atoms with E-state index in [-0.39, 0.29) is 10.6 Å². The summed E-state index contributed by atoms with van der Waals surface area (Å²) in [5.41, 5.74) is 0.811. The maximum Gasteiger partial charge on any atom is 0.179 e. The zero-order chi connectivity index (χ0) is 10.8. The van der Waals surface area contributed by atoms with Gasteiger partial charge in [0.05, 0.1) is 0 Å². The molecule has 1 rings (SSSR count). The van der Waals surface area contributed by atoms with Gasteiger partial charge < -0.3 is 5.11 Å². The SMILES string of the molecule is CC[CH]c1ccc(O)c(S(C)(=O)=O)c1. The number of benzene rings is 1. The van der Waals surface area contributed by atoms with E-state index in [2.05, 4.69) is 0 Å². The summed E-state index contributed by atoms with van der Waals surface area (Å²) in [4.78, 5) is -0.0142. The van der Waals surface area contributed by atoms with Crippen molar-refractivity contribution in [1.82, 2.24) is 0 Å². The molecule has 0 aromatic heterocycles. The van der Waals surface area contributed by atoms with Crippen LogP contribution in [-0.4, -0.2) is 19.8 Å². The molecule has 1 radical (unpaired) electrons. The van der Waals surface area contributed by atoms with Gasteiger partial charge in [-0.25, -0.2) is 8.42 Å². The third kappa shape index (κ3) is 2.48. The Morgan fingerprint density at radius 3 is 2.57 bits per heavy atom. The highest BCUT2D eigenvalue weighted by Crippen LogP contribution is 2.24. The first kappa shape index (κ1) is 11.0. The third-order valence-electron chi connectivity index (χ3n) is 1.82. The molecule has 0 aliphatic heterocycles. The highest BCUT2D eigenvalue weighted by atomic mass is 32.2. The zero-order valence-corrected chi connectivity index (χ0v) is 9.00. The van der Waals surface area contributed by atoms with Gasteiger partial charge in [0.1, 0.15) is 10.6 Å². The molecule has 0 heterocycles. The second-order valence-electron chi connectivity index (χ2n) is 3.11. The van der Waals surface area contributed by atoms with Gasteiger partial charge in [-0.1, -0.05) is 13.0 Å². The highest BCUT2D eigenvalue weighted by molar-refractivity contribution is 7.90. The minimum absolute atomic E-state index is 0.0142. The summed E-state index contributed by atoms with van der Waals surface area (Å²) in [5, 5.41) is 9.35. The molecule has 0 spiro atoms. The third-order valence-corrected chi connectivity index (χ3v) is 2.95. The van der Waals surface area contributed by atoms with Crippen molar-refractivity contribution in [2.45, 2.75) is 18.2 Å². The lowest BCUT2D eigenvalue weighted by atomic mass is 10.1. The summed E-state index contributed by atoms with van der Waals surface area (Å²) in [6.07, 6.45) is 3.81. The number of phenols is 1. The van der Waals surface area contributed by atoms with Gasteiger partial charge in [0.15, 0.2) is 9.84 Å². The van der Waals surface area contributed by atoms with Gasteiger partial charge >= 0.3 is 0 Å². The fraction of sp³-hybridized carbons (Fsp3) is 0.300. The number of sulfone groups is 1. The average Bonchev–Trinajstić information content (AvgIpc) is 2.07. The van der Waals surface area contributed by atoms with Crippen molar-refractivity contribution in [2.24, 2.45) is 0 Å². The van der Waals surface area contributed by atoms with E-state index in [4.69, 9.17) is 0 Å². The molecule has 77 valence electrons. The van der Waals surface area contributed by atoms with Gasteiger partial charge in [0, 0.05) is 6.26 Å². The van der Waals surface area contributed by atoms with Gasteiger partial charge in [0.2, 0.25) is 0 Å². The Morgan fingerprint density at radius 1 is 1.43 bits per heavy atom. The topological polar surface area (TPSA) is 54.4 Å².